The third-order valence-corrected chi connectivity index (χ3v) is 3.72. The average molecular weight is 351 g/mol. The van der Waals surface area contributed by atoms with Crippen LogP contribution in [-0.4, -0.2) is 9.91 Å². The number of nitro benzene ring substituents is 1. The maximum atomic E-state index is 11.7. The highest BCUT2D eigenvalue weighted by atomic mass is 35.5. The molecule has 116 valence electrons. The number of aromatic nitrogens is 1. The fourth-order valence-corrected chi connectivity index (χ4v) is 2.65. The van der Waals surface area contributed by atoms with E-state index >= 15 is 0 Å². The first-order valence-corrected chi connectivity index (χ1v) is 7.14. The van der Waals surface area contributed by atoms with Gasteiger partial charge in [0.15, 0.2) is 5.75 Å². The van der Waals surface area contributed by atoms with E-state index < -0.39 is 4.92 Å². The Kier molecular flexibility index (Phi) is 3.94. The summed E-state index contributed by atoms with van der Waals surface area (Å²) < 4.78 is 5.62. The first-order chi connectivity index (χ1) is 11.0. The summed E-state index contributed by atoms with van der Waals surface area (Å²) in [6.45, 7) is 0. The molecule has 1 aromatic heterocycles. The Morgan fingerprint density at radius 2 is 1.78 bits per heavy atom. The second-order valence-electron chi connectivity index (χ2n) is 4.65. The smallest absolute Gasteiger partial charge is 0.272 e. The molecule has 0 aliphatic carbocycles. The number of hydrogen-bond acceptors (Lipinski definition) is 4. The van der Waals surface area contributed by atoms with E-state index in [-0.39, 0.29) is 27.0 Å². The molecule has 0 radical (unpaired) electrons. The number of nitrogens with one attached hydrogen (secondary N) is 1. The molecular formula is C15H8Cl2N2O4. The molecule has 1 heterocycles. The highest BCUT2D eigenvalue weighted by Crippen LogP contribution is 2.39. The van der Waals surface area contributed by atoms with Gasteiger partial charge < -0.3 is 9.72 Å². The lowest BCUT2D eigenvalue weighted by molar-refractivity contribution is -0.384. The molecule has 0 saturated heterocycles. The largest absolute Gasteiger partial charge is 0.454 e. The number of non-ortho nitro benzene ring substituents is 1. The van der Waals surface area contributed by atoms with E-state index in [1.165, 1.54) is 6.20 Å². The zero-order valence-corrected chi connectivity index (χ0v) is 12.9. The molecule has 0 aliphatic heterocycles. The molecule has 0 amide bonds. The van der Waals surface area contributed by atoms with Gasteiger partial charge in [0.1, 0.15) is 5.75 Å². The molecule has 6 nitrogen and oxygen atoms in total. The Balaban J connectivity index is 2.02. The molecule has 23 heavy (non-hydrogen) atoms. The van der Waals surface area contributed by atoms with E-state index in [0.29, 0.717) is 16.5 Å². The molecular weight excluding hydrogens is 343 g/mol. The lowest BCUT2D eigenvalue weighted by Gasteiger charge is -2.10. The van der Waals surface area contributed by atoms with E-state index in [1.54, 1.807) is 24.3 Å². The fourth-order valence-electron chi connectivity index (χ4n) is 2.10. The average Bonchev–Trinajstić information content (AvgIpc) is 2.50. The predicted molar refractivity (Wildman–Crippen MR) is 87.8 cm³/mol. The van der Waals surface area contributed by atoms with Crippen molar-refractivity contribution in [3.05, 3.63) is 73.1 Å². The molecule has 8 heteroatoms. The zero-order valence-electron chi connectivity index (χ0n) is 11.4. The fraction of sp³-hybridized carbons (Fsp3) is 0. The van der Waals surface area contributed by atoms with Crippen LogP contribution < -0.4 is 10.3 Å². The van der Waals surface area contributed by atoms with Crippen molar-refractivity contribution in [2.75, 3.05) is 0 Å². The van der Waals surface area contributed by atoms with Crippen molar-refractivity contribution in [3.8, 4) is 11.5 Å². The van der Waals surface area contributed by atoms with Gasteiger partial charge in [0.05, 0.1) is 15.0 Å². The third kappa shape index (κ3) is 2.99. The maximum Gasteiger partial charge on any atom is 0.272 e. The van der Waals surface area contributed by atoms with Crippen molar-refractivity contribution in [1.29, 1.82) is 0 Å². The Labute approximate surface area is 139 Å². The standard InChI is InChI=1S/C15H8Cl2N2O4/c16-12-6-9(19(21)22)7-13(17)14(12)23-10-1-2-11-8(5-10)3-4-18-15(11)20/h1-7H,(H,18,20). The quantitative estimate of drug-likeness (QED) is 0.555. The van der Waals surface area contributed by atoms with Gasteiger partial charge in [0, 0.05) is 23.7 Å². The molecule has 3 aromatic rings. The first-order valence-electron chi connectivity index (χ1n) is 6.38. The Morgan fingerprint density at radius 1 is 1.09 bits per heavy atom. The maximum absolute atomic E-state index is 11.7. The van der Waals surface area contributed by atoms with Crippen LogP contribution in [0.1, 0.15) is 0 Å². The van der Waals surface area contributed by atoms with Crippen molar-refractivity contribution in [2.45, 2.75) is 0 Å². The molecule has 0 atom stereocenters. The molecule has 0 aliphatic rings. The molecule has 1 N–H and O–H groups in total. The second-order valence-corrected chi connectivity index (χ2v) is 5.47. The van der Waals surface area contributed by atoms with Crippen LogP contribution in [0.2, 0.25) is 10.0 Å². The number of fused-ring (bicyclic) bond motifs is 1. The summed E-state index contributed by atoms with van der Waals surface area (Å²) in [5.74, 6) is 0.517. The van der Waals surface area contributed by atoms with E-state index in [9.17, 15) is 14.9 Å². The lowest BCUT2D eigenvalue weighted by Crippen LogP contribution is -2.03. The van der Waals surface area contributed by atoms with Gasteiger partial charge >= 0.3 is 0 Å². The van der Waals surface area contributed by atoms with Gasteiger partial charge in [-0.3, -0.25) is 14.9 Å². The minimum absolute atomic E-state index is 0.0233. The van der Waals surface area contributed by atoms with Crippen LogP contribution in [-0.2, 0) is 0 Å². The van der Waals surface area contributed by atoms with Gasteiger partial charge in [-0.25, -0.2) is 0 Å². The predicted octanol–water partition coefficient (Wildman–Crippen LogP) is 4.54. The van der Waals surface area contributed by atoms with Crippen LogP contribution in [0.4, 0.5) is 5.69 Å². The molecule has 0 bridgehead atoms. The minimum atomic E-state index is -0.593. The monoisotopic (exact) mass is 350 g/mol. The third-order valence-electron chi connectivity index (χ3n) is 3.16. The Hall–Kier alpha value is -2.57. The van der Waals surface area contributed by atoms with Crippen LogP contribution in [0.15, 0.2) is 47.4 Å². The number of hydrogen-bond donors (Lipinski definition) is 1. The van der Waals surface area contributed by atoms with E-state index in [1.807, 2.05) is 0 Å². The molecule has 0 saturated carbocycles. The number of nitro groups is 1. The van der Waals surface area contributed by atoms with E-state index in [2.05, 4.69) is 4.98 Å². The number of ether oxygens (including phenoxy) is 1. The second kappa shape index (κ2) is 5.91. The van der Waals surface area contributed by atoms with Crippen molar-refractivity contribution < 1.29 is 9.66 Å². The van der Waals surface area contributed by atoms with Crippen LogP contribution >= 0.6 is 23.2 Å². The number of nitrogens with zero attached hydrogens (tertiary/aromatic N) is 1. The number of rotatable bonds is 3. The number of benzene rings is 2. The van der Waals surface area contributed by atoms with Gasteiger partial charge in [-0.15, -0.1) is 0 Å². The summed E-state index contributed by atoms with van der Waals surface area (Å²) in [6.07, 6.45) is 1.53. The Morgan fingerprint density at radius 3 is 2.43 bits per heavy atom. The molecule has 0 fully saturated rings. The van der Waals surface area contributed by atoms with Crippen LogP contribution in [0.5, 0.6) is 11.5 Å². The van der Waals surface area contributed by atoms with Gasteiger partial charge in [-0.2, -0.15) is 0 Å². The summed E-state index contributed by atoms with van der Waals surface area (Å²) in [6, 6.07) is 8.90. The van der Waals surface area contributed by atoms with Crippen LogP contribution in [0.3, 0.4) is 0 Å². The van der Waals surface area contributed by atoms with Gasteiger partial charge in [-0.05, 0) is 29.7 Å². The van der Waals surface area contributed by atoms with Crippen molar-refractivity contribution in [1.82, 2.24) is 4.98 Å². The molecule has 3 rings (SSSR count). The van der Waals surface area contributed by atoms with Gasteiger partial charge in [-0.1, -0.05) is 23.2 Å². The van der Waals surface area contributed by atoms with E-state index in [0.717, 1.165) is 12.1 Å². The number of aromatic amines is 1. The first kappa shape index (κ1) is 15.3. The van der Waals surface area contributed by atoms with Crippen molar-refractivity contribution in [2.24, 2.45) is 0 Å². The zero-order chi connectivity index (χ0) is 16.6. The number of halogens is 2. The summed E-state index contributed by atoms with van der Waals surface area (Å²) in [7, 11) is 0. The normalized spacial score (nSPS) is 10.7. The summed E-state index contributed by atoms with van der Waals surface area (Å²) in [5.41, 5.74) is -0.433. The highest BCUT2D eigenvalue weighted by molar-refractivity contribution is 6.37. The van der Waals surface area contributed by atoms with Crippen molar-refractivity contribution >= 4 is 39.7 Å². The van der Waals surface area contributed by atoms with Gasteiger partial charge in [0.2, 0.25) is 0 Å². The molecule has 0 spiro atoms. The van der Waals surface area contributed by atoms with Crippen LogP contribution in [0, 0.1) is 10.1 Å². The summed E-state index contributed by atoms with van der Waals surface area (Å²) in [4.78, 5) is 24.4. The highest BCUT2D eigenvalue weighted by Gasteiger charge is 2.16. The van der Waals surface area contributed by atoms with Crippen molar-refractivity contribution in [3.63, 3.8) is 0 Å². The summed E-state index contributed by atoms with van der Waals surface area (Å²) >= 11 is 12.0. The number of H-pyrrole nitrogens is 1. The summed E-state index contributed by atoms with van der Waals surface area (Å²) in [5, 5.41) is 12.0. The van der Waals surface area contributed by atoms with Crippen LogP contribution in [0.25, 0.3) is 10.8 Å². The SMILES string of the molecule is O=c1[nH]ccc2cc(Oc3c(Cl)cc([N+](=O)[O-])cc3Cl)ccc12. The molecule has 2 aromatic carbocycles. The lowest BCUT2D eigenvalue weighted by atomic mass is 10.2. The van der Waals surface area contributed by atoms with E-state index in [4.69, 9.17) is 27.9 Å². The topological polar surface area (TPSA) is 85.2 Å². The molecule has 0 unspecified atom stereocenters. The Bertz CT molecular complexity index is 962. The number of pyridine rings is 1. The minimum Gasteiger partial charge on any atom is -0.454 e. The van der Waals surface area contributed by atoms with Gasteiger partial charge in [0.25, 0.3) is 11.2 Å².